The van der Waals surface area contributed by atoms with Crippen molar-refractivity contribution in [1.29, 1.82) is 0 Å². The predicted molar refractivity (Wildman–Crippen MR) is 105 cm³/mol. The molecule has 26 heavy (non-hydrogen) atoms. The lowest BCUT2D eigenvalue weighted by molar-refractivity contribution is 0.0249. The molecule has 0 N–H and O–H groups in total. The molecule has 0 spiro atoms. The Morgan fingerprint density at radius 2 is 1.58 bits per heavy atom. The van der Waals surface area contributed by atoms with Crippen LogP contribution >= 0.6 is 0 Å². The lowest BCUT2D eigenvalue weighted by Gasteiger charge is -2.31. The summed E-state index contributed by atoms with van der Waals surface area (Å²) in [5.41, 5.74) is 1.64. The number of rotatable bonds is 3. The lowest BCUT2D eigenvalue weighted by atomic mass is 9.73. The van der Waals surface area contributed by atoms with Gasteiger partial charge in [0.15, 0.2) is 0 Å². The summed E-state index contributed by atoms with van der Waals surface area (Å²) in [4.78, 5) is 14.7. The topological polar surface area (TPSA) is 29.5 Å². The molecule has 2 aromatic carbocycles. The Morgan fingerprint density at radius 1 is 1.08 bits per heavy atom. The average Bonchev–Trinajstić information content (AvgIpc) is 3.03. The van der Waals surface area contributed by atoms with E-state index in [9.17, 15) is 4.79 Å². The fourth-order valence-corrected chi connectivity index (χ4v) is 3.77. The molecule has 3 heteroatoms. The predicted octanol–water partition coefficient (Wildman–Crippen LogP) is 5.17. The van der Waals surface area contributed by atoms with Crippen molar-refractivity contribution < 1.29 is 9.53 Å². The van der Waals surface area contributed by atoms with E-state index in [0.29, 0.717) is 6.54 Å². The van der Waals surface area contributed by atoms with Crippen LogP contribution in [0.5, 0.6) is 0 Å². The van der Waals surface area contributed by atoms with Gasteiger partial charge in [0, 0.05) is 12.0 Å². The zero-order valence-electron chi connectivity index (χ0n) is 15.8. The fourth-order valence-electron chi connectivity index (χ4n) is 3.77. The first-order valence-electron chi connectivity index (χ1n) is 9.09. The van der Waals surface area contributed by atoms with Gasteiger partial charge in [-0.2, -0.15) is 0 Å². The molecule has 0 aromatic heterocycles. The van der Waals surface area contributed by atoms with Gasteiger partial charge in [-0.1, -0.05) is 66.7 Å². The van der Waals surface area contributed by atoms with Crippen molar-refractivity contribution in [3.8, 4) is 0 Å². The second-order valence-electron chi connectivity index (χ2n) is 7.93. The van der Waals surface area contributed by atoms with Gasteiger partial charge in [-0.05, 0) is 38.3 Å². The molecule has 1 saturated heterocycles. The van der Waals surface area contributed by atoms with Gasteiger partial charge < -0.3 is 9.64 Å². The van der Waals surface area contributed by atoms with E-state index >= 15 is 0 Å². The Labute approximate surface area is 156 Å². The summed E-state index contributed by atoms with van der Waals surface area (Å²) < 4.78 is 5.66. The largest absolute Gasteiger partial charge is 0.444 e. The highest BCUT2D eigenvalue weighted by molar-refractivity contribution is 5.70. The van der Waals surface area contributed by atoms with Crippen molar-refractivity contribution in [2.24, 2.45) is 0 Å². The number of ether oxygens (including phenoxy) is 1. The minimum atomic E-state index is -0.520. The molecular weight excluding hydrogens is 322 g/mol. The van der Waals surface area contributed by atoms with Crippen LogP contribution in [0, 0.1) is 0 Å². The number of amides is 1. The summed E-state index contributed by atoms with van der Waals surface area (Å²) >= 11 is 0. The van der Waals surface area contributed by atoms with Crippen LogP contribution in [0.2, 0.25) is 0 Å². The van der Waals surface area contributed by atoms with Crippen LogP contribution in [0.25, 0.3) is 0 Å². The van der Waals surface area contributed by atoms with E-state index in [1.54, 1.807) is 0 Å². The first-order chi connectivity index (χ1) is 12.4. The van der Waals surface area contributed by atoms with E-state index in [1.807, 2.05) is 43.9 Å². The number of nitrogens with zero attached hydrogens (tertiary/aromatic N) is 1. The number of hydrogen-bond acceptors (Lipinski definition) is 2. The van der Waals surface area contributed by atoms with Crippen molar-refractivity contribution in [2.45, 2.75) is 44.2 Å². The number of carbonyl (C=O) groups is 1. The van der Waals surface area contributed by atoms with Gasteiger partial charge in [0.1, 0.15) is 5.60 Å². The first-order valence-corrected chi connectivity index (χ1v) is 9.09. The van der Waals surface area contributed by atoms with Crippen LogP contribution in [-0.4, -0.2) is 29.2 Å². The van der Waals surface area contributed by atoms with Crippen LogP contribution in [0.15, 0.2) is 73.3 Å². The summed E-state index contributed by atoms with van der Waals surface area (Å²) in [7, 11) is 0. The van der Waals surface area contributed by atoms with Gasteiger partial charge in [0.25, 0.3) is 0 Å². The normalized spacial score (nSPS) is 19.2. The summed E-state index contributed by atoms with van der Waals surface area (Å²) in [5, 5.41) is 0. The van der Waals surface area contributed by atoms with E-state index in [-0.39, 0.29) is 17.6 Å². The Kier molecular flexibility index (Phi) is 4.90. The maximum absolute atomic E-state index is 12.8. The third kappa shape index (κ3) is 3.52. The van der Waals surface area contributed by atoms with E-state index in [1.165, 1.54) is 11.1 Å². The molecular formula is C23H27NO2. The maximum atomic E-state index is 12.8. The van der Waals surface area contributed by atoms with Gasteiger partial charge in [-0.25, -0.2) is 4.79 Å². The Morgan fingerprint density at radius 3 is 2.00 bits per heavy atom. The smallest absolute Gasteiger partial charge is 0.410 e. The molecule has 1 unspecified atom stereocenters. The van der Waals surface area contributed by atoms with Crippen molar-refractivity contribution in [3.05, 3.63) is 84.4 Å². The van der Waals surface area contributed by atoms with Gasteiger partial charge >= 0.3 is 6.09 Å². The molecule has 3 nitrogen and oxygen atoms in total. The molecule has 0 aliphatic carbocycles. The minimum absolute atomic E-state index is 0.0646. The SMILES string of the molecule is C=CC1CC(c2ccccc2)(c2ccccc2)CN1C(=O)OC(C)(C)C. The fraction of sp³-hybridized carbons (Fsp3) is 0.348. The number of likely N-dealkylation sites (tertiary alicyclic amines) is 1. The van der Waals surface area contributed by atoms with Crippen LogP contribution in [-0.2, 0) is 10.2 Å². The molecule has 136 valence electrons. The summed E-state index contributed by atoms with van der Waals surface area (Å²) in [6, 6.07) is 20.8. The van der Waals surface area contributed by atoms with Crippen molar-refractivity contribution in [1.82, 2.24) is 4.90 Å². The van der Waals surface area contributed by atoms with Crippen LogP contribution < -0.4 is 0 Å². The van der Waals surface area contributed by atoms with Crippen LogP contribution in [0.3, 0.4) is 0 Å². The van der Waals surface area contributed by atoms with Gasteiger partial charge in [0.2, 0.25) is 0 Å². The highest BCUT2D eigenvalue weighted by Crippen LogP contribution is 2.44. The van der Waals surface area contributed by atoms with Crippen molar-refractivity contribution in [2.75, 3.05) is 6.54 Å². The third-order valence-corrected chi connectivity index (χ3v) is 4.95. The van der Waals surface area contributed by atoms with Gasteiger partial charge in [0.05, 0.1) is 6.04 Å². The maximum Gasteiger partial charge on any atom is 0.410 e. The number of hydrogen-bond donors (Lipinski definition) is 0. The molecule has 0 bridgehead atoms. The second kappa shape index (κ2) is 6.99. The Hall–Kier alpha value is -2.55. The Bertz CT molecular complexity index is 722. The molecule has 1 fully saturated rings. The molecule has 2 aromatic rings. The molecule has 1 atom stereocenters. The summed E-state index contributed by atoms with van der Waals surface area (Å²) in [5.74, 6) is 0. The van der Waals surface area contributed by atoms with Crippen molar-refractivity contribution >= 4 is 6.09 Å². The van der Waals surface area contributed by atoms with Gasteiger partial charge in [-0.3, -0.25) is 0 Å². The monoisotopic (exact) mass is 349 g/mol. The van der Waals surface area contributed by atoms with Crippen LogP contribution in [0.1, 0.15) is 38.3 Å². The molecule has 0 radical (unpaired) electrons. The molecule has 1 heterocycles. The number of benzene rings is 2. The third-order valence-electron chi connectivity index (χ3n) is 4.95. The zero-order chi connectivity index (χ0) is 18.8. The number of carbonyl (C=O) groups excluding carboxylic acids is 1. The molecule has 0 saturated carbocycles. The molecule has 1 aliphatic rings. The standard InChI is InChI=1S/C23H27NO2/c1-5-20-16-23(18-12-8-6-9-13-18,19-14-10-7-11-15-19)17-24(20)21(25)26-22(2,3)4/h5-15,20H,1,16-17H2,2-4H3. The zero-order valence-corrected chi connectivity index (χ0v) is 15.8. The average molecular weight is 349 g/mol. The summed E-state index contributed by atoms with van der Waals surface area (Å²) in [6.45, 7) is 10.2. The van der Waals surface area contributed by atoms with Crippen LogP contribution in [0.4, 0.5) is 4.79 Å². The highest BCUT2D eigenvalue weighted by atomic mass is 16.6. The summed E-state index contributed by atoms with van der Waals surface area (Å²) in [6.07, 6.45) is 2.37. The minimum Gasteiger partial charge on any atom is -0.444 e. The van der Waals surface area contributed by atoms with Gasteiger partial charge in [-0.15, -0.1) is 6.58 Å². The lowest BCUT2D eigenvalue weighted by Crippen LogP contribution is -2.40. The van der Waals surface area contributed by atoms with E-state index in [2.05, 4.69) is 55.1 Å². The highest BCUT2D eigenvalue weighted by Gasteiger charge is 2.48. The Balaban J connectivity index is 2.04. The molecule has 3 rings (SSSR count). The first kappa shape index (κ1) is 18.2. The van der Waals surface area contributed by atoms with E-state index in [4.69, 9.17) is 4.74 Å². The van der Waals surface area contributed by atoms with E-state index < -0.39 is 5.60 Å². The molecule has 1 aliphatic heterocycles. The molecule has 1 amide bonds. The van der Waals surface area contributed by atoms with E-state index in [0.717, 1.165) is 6.42 Å². The quantitative estimate of drug-likeness (QED) is 0.716. The van der Waals surface area contributed by atoms with Crippen molar-refractivity contribution in [3.63, 3.8) is 0 Å². The second-order valence-corrected chi connectivity index (χ2v) is 7.93.